The zero-order valence-corrected chi connectivity index (χ0v) is 43.4. The van der Waals surface area contributed by atoms with Gasteiger partial charge in [-0.15, -0.1) is 0 Å². The standard InChI is InChI=1S/C45H88O6Si4/c1-20-24-25-34(5)30-37(48-53(16,17)44(6,7)8)27-28-38-40(50-54(18,19)45(9,10)11)33-41(51-55(21-2,22-3)23-4)42(38)39(49-52(13,14)15)29-26-35-31-36(32-35)43(46)47-12/h27-28,34-42H,20-25,30-33H2,1-19H3/b28-27+/t34-,35?,36?,37+,38-,39?,40+,41+,42-/m0/s1. The van der Waals surface area contributed by atoms with E-state index in [2.05, 4.69) is 146 Å². The average Bonchev–Trinajstić information content (AvgIpc) is 3.36. The van der Waals surface area contributed by atoms with Crippen LogP contribution in [0.3, 0.4) is 0 Å². The molecule has 2 aliphatic carbocycles. The Hall–Kier alpha value is -0.522. The summed E-state index contributed by atoms with van der Waals surface area (Å²) in [6, 6.07) is 3.29. The van der Waals surface area contributed by atoms with Crippen molar-refractivity contribution in [3.63, 3.8) is 0 Å². The summed E-state index contributed by atoms with van der Waals surface area (Å²) in [6.45, 7) is 42.1. The van der Waals surface area contributed by atoms with Gasteiger partial charge in [0.15, 0.2) is 33.3 Å². The third-order valence-corrected chi connectivity index (χ3v) is 28.4. The van der Waals surface area contributed by atoms with Gasteiger partial charge in [-0.1, -0.05) is 119 Å². The summed E-state index contributed by atoms with van der Waals surface area (Å²) in [7, 11) is -6.82. The number of hydrogen-bond donors (Lipinski definition) is 0. The lowest BCUT2D eigenvalue weighted by molar-refractivity contribution is -0.149. The monoisotopic (exact) mass is 837 g/mol. The van der Waals surface area contributed by atoms with E-state index in [1.165, 1.54) is 26.4 Å². The second-order valence-corrected chi connectivity index (χ2v) is 40.0. The summed E-state index contributed by atoms with van der Waals surface area (Å²) >= 11 is 0. The van der Waals surface area contributed by atoms with Crippen molar-refractivity contribution in [2.45, 2.75) is 220 Å². The molecule has 0 radical (unpaired) electrons. The molecule has 0 aromatic heterocycles. The highest BCUT2D eigenvalue weighted by molar-refractivity contribution is 6.75. The van der Waals surface area contributed by atoms with Crippen LogP contribution in [0.1, 0.15) is 121 Å². The van der Waals surface area contributed by atoms with Crippen molar-refractivity contribution in [3.05, 3.63) is 12.2 Å². The predicted molar refractivity (Wildman–Crippen MR) is 244 cm³/mol. The second kappa shape index (κ2) is 20.6. The maximum Gasteiger partial charge on any atom is 0.308 e. The van der Waals surface area contributed by atoms with Crippen LogP contribution < -0.4 is 0 Å². The number of carbonyl (C=O) groups is 1. The summed E-state index contributed by atoms with van der Waals surface area (Å²) in [5, 5.41) is 0.185. The Morgan fingerprint density at radius 1 is 0.800 bits per heavy atom. The molecule has 0 bridgehead atoms. The van der Waals surface area contributed by atoms with E-state index in [-0.39, 0.29) is 64.1 Å². The van der Waals surface area contributed by atoms with Gasteiger partial charge in [0, 0.05) is 17.8 Å². The van der Waals surface area contributed by atoms with Crippen molar-refractivity contribution >= 4 is 39.2 Å². The van der Waals surface area contributed by atoms with E-state index in [4.69, 9.17) is 22.4 Å². The third kappa shape index (κ3) is 14.6. The molecule has 0 aromatic carbocycles. The minimum atomic E-state index is -2.17. The minimum Gasteiger partial charge on any atom is -0.469 e. The Labute approximate surface area is 345 Å². The number of ether oxygens (including phenoxy) is 1. The van der Waals surface area contributed by atoms with Crippen LogP contribution in [0.2, 0.25) is 74.0 Å². The largest absolute Gasteiger partial charge is 0.469 e. The van der Waals surface area contributed by atoms with Crippen LogP contribution in [0.5, 0.6) is 0 Å². The molecule has 1 unspecified atom stereocenters. The Kier molecular flexibility index (Phi) is 19.0. The first-order valence-corrected chi connectivity index (χ1v) is 33.9. The fraction of sp³-hybridized carbons (Fsp3) is 0.889. The normalized spacial score (nSPS) is 25.9. The van der Waals surface area contributed by atoms with Gasteiger partial charge in [0.2, 0.25) is 0 Å². The van der Waals surface area contributed by atoms with Gasteiger partial charge in [-0.25, -0.2) is 0 Å². The number of hydrogen-bond acceptors (Lipinski definition) is 6. The number of rotatable bonds is 20. The third-order valence-electron chi connectivity index (χ3n) is 13.8. The van der Waals surface area contributed by atoms with Gasteiger partial charge in [0.1, 0.15) is 6.10 Å². The predicted octanol–water partition coefficient (Wildman–Crippen LogP) is 13.0. The fourth-order valence-electron chi connectivity index (χ4n) is 7.74. The van der Waals surface area contributed by atoms with Gasteiger partial charge in [-0.3, -0.25) is 4.79 Å². The molecule has 0 saturated heterocycles. The Morgan fingerprint density at radius 3 is 1.84 bits per heavy atom. The van der Waals surface area contributed by atoms with Gasteiger partial charge in [-0.2, -0.15) is 0 Å². The van der Waals surface area contributed by atoms with Crippen LogP contribution in [0.4, 0.5) is 0 Å². The molecule has 0 aliphatic heterocycles. The minimum absolute atomic E-state index is 0.00242. The summed E-state index contributed by atoms with van der Waals surface area (Å²) in [5.41, 5.74) is 0. The van der Waals surface area contributed by atoms with Crippen molar-refractivity contribution in [2.24, 2.45) is 29.6 Å². The lowest BCUT2D eigenvalue weighted by atomic mass is 9.75. The first-order valence-electron chi connectivity index (χ1n) is 22.2. The van der Waals surface area contributed by atoms with Crippen LogP contribution in [0, 0.1) is 41.4 Å². The van der Waals surface area contributed by atoms with Crippen LogP contribution in [-0.4, -0.2) is 70.8 Å². The fourth-order valence-corrected chi connectivity index (χ4v) is 14.3. The number of esters is 1. The molecule has 320 valence electrons. The summed E-state index contributed by atoms with van der Waals surface area (Å²) in [5.74, 6) is 8.05. The quantitative estimate of drug-likeness (QED) is 0.0527. The van der Waals surface area contributed by atoms with Gasteiger partial charge in [-0.05, 0) is 106 Å². The first kappa shape index (κ1) is 50.6. The lowest BCUT2D eigenvalue weighted by Gasteiger charge is -2.41. The Morgan fingerprint density at radius 2 is 1.36 bits per heavy atom. The van der Waals surface area contributed by atoms with Crippen molar-refractivity contribution in [2.75, 3.05) is 7.11 Å². The van der Waals surface area contributed by atoms with Crippen LogP contribution in [0.15, 0.2) is 12.2 Å². The lowest BCUT2D eigenvalue weighted by Crippen LogP contribution is -2.47. The molecule has 0 aromatic rings. The first-order chi connectivity index (χ1) is 25.2. The number of methoxy groups -OCH3 is 1. The van der Waals surface area contributed by atoms with Crippen LogP contribution in [-0.2, 0) is 27.2 Å². The zero-order valence-electron chi connectivity index (χ0n) is 39.4. The molecule has 55 heavy (non-hydrogen) atoms. The molecule has 7 atom stereocenters. The summed E-state index contributed by atoms with van der Waals surface area (Å²) < 4.78 is 34.6. The van der Waals surface area contributed by atoms with Gasteiger partial charge >= 0.3 is 5.97 Å². The summed E-state index contributed by atoms with van der Waals surface area (Å²) in [6.07, 6.45) is 11.7. The topological polar surface area (TPSA) is 63.2 Å². The highest BCUT2D eigenvalue weighted by atomic mass is 28.4. The molecule has 0 heterocycles. The van der Waals surface area contributed by atoms with Crippen LogP contribution >= 0.6 is 0 Å². The summed E-state index contributed by atoms with van der Waals surface area (Å²) in [4.78, 5) is 12.3. The van der Waals surface area contributed by atoms with Gasteiger partial charge in [0.25, 0.3) is 0 Å². The smallest absolute Gasteiger partial charge is 0.308 e. The molecule has 2 rings (SSSR count). The maximum atomic E-state index is 12.3. The molecule has 6 nitrogen and oxygen atoms in total. The SMILES string of the molecule is CCCC[C@H](C)C[C@@H](/C=C/[C@@H]1[C@@H](C(C#CC2CC(C(=O)OC)C2)O[Si](C)(C)C)[C@H](O[Si](CC)(CC)CC)C[C@H]1O[Si](C)(C)C(C)(C)C)O[Si](C)(C)C(C)(C)C. The molecule has 0 N–H and O–H groups in total. The van der Waals surface area contributed by atoms with Crippen molar-refractivity contribution in [1.29, 1.82) is 0 Å². The maximum absolute atomic E-state index is 12.3. The molecule has 2 fully saturated rings. The Balaban J connectivity index is 2.84. The van der Waals surface area contributed by atoms with E-state index < -0.39 is 33.3 Å². The molecular formula is C45H88O6Si4. The number of unbranched alkanes of at least 4 members (excludes halogenated alkanes) is 1. The van der Waals surface area contributed by atoms with Crippen molar-refractivity contribution in [1.82, 2.24) is 0 Å². The van der Waals surface area contributed by atoms with E-state index in [1.807, 2.05) is 0 Å². The molecule has 0 spiro atoms. The van der Waals surface area contributed by atoms with E-state index in [9.17, 15) is 4.79 Å². The highest BCUT2D eigenvalue weighted by Gasteiger charge is 2.53. The van der Waals surface area contributed by atoms with E-state index in [0.717, 1.165) is 43.8 Å². The van der Waals surface area contributed by atoms with E-state index in [1.54, 1.807) is 0 Å². The van der Waals surface area contributed by atoms with Gasteiger partial charge in [0.05, 0.1) is 31.3 Å². The van der Waals surface area contributed by atoms with Crippen LogP contribution in [0.25, 0.3) is 0 Å². The van der Waals surface area contributed by atoms with E-state index >= 15 is 0 Å². The zero-order chi connectivity index (χ0) is 42.2. The van der Waals surface area contributed by atoms with Crippen molar-refractivity contribution in [3.8, 4) is 11.8 Å². The van der Waals surface area contributed by atoms with Crippen molar-refractivity contribution < 1.29 is 27.2 Å². The Bertz CT molecular complexity index is 1260. The average molecular weight is 838 g/mol. The molecule has 2 aliphatic rings. The number of carbonyl (C=O) groups excluding carboxylic acids is 1. The van der Waals surface area contributed by atoms with E-state index in [0.29, 0.717) is 5.92 Å². The van der Waals surface area contributed by atoms with Gasteiger partial charge < -0.3 is 22.4 Å². The molecule has 10 heteroatoms. The molecule has 0 amide bonds. The highest BCUT2D eigenvalue weighted by Crippen LogP contribution is 2.48. The molecular weight excluding hydrogens is 749 g/mol. The molecule has 2 saturated carbocycles. The second-order valence-electron chi connectivity index (χ2n) is 21.3.